The average molecular weight is 221 g/mol. The van der Waals surface area contributed by atoms with Crippen LogP contribution >= 0.6 is 0 Å². The zero-order valence-corrected chi connectivity index (χ0v) is 9.57. The average Bonchev–Trinajstić information content (AvgIpc) is 2.26. The van der Waals surface area contributed by atoms with Crippen molar-refractivity contribution in [2.24, 2.45) is 5.73 Å². The van der Waals surface area contributed by atoms with Crippen molar-refractivity contribution in [1.82, 2.24) is 0 Å². The van der Waals surface area contributed by atoms with Crippen LogP contribution in [0.4, 0.5) is 0 Å². The van der Waals surface area contributed by atoms with Gasteiger partial charge in [0, 0.05) is 26.9 Å². The van der Waals surface area contributed by atoms with E-state index in [0.717, 1.165) is 19.6 Å². The first-order valence-electron chi connectivity index (χ1n) is 5.34. The Morgan fingerprint density at radius 3 is 1.80 bits per heavy atom. The molecular formula is C10H23NO4. The summed E-state index contributed by atoms with van der Waals surface area (Å²) in [5.74, 6) is 0. The molecule has 2 N–H and O–H groups in total. The van der Waals surface area contributed by atoms with E-state index < -0.39 is 0 Å². The Morgan fingerprint density at radius 2 is 1.27 bits per heavy atom. The third kappa shape index (κ3) is 13.8. The second-order valence-electron chi connectivity index (χ2n) is 2.97. The molecule has 0 bridgehead atoms. The molecule has 0 rings (SSSR count). The van der Waals surface area contributed by atoms with Crippen LogP contribution in [0.2, 0.25) is 0 Å². The Hall–Kier alpha value is -0.200. The topological polar surface area (TPSA) is 62.9 Å². The van der Waals surface area contributed by atoms with Gasteiger partial charge < -0.3 is 24.7 Å². The normalized spacial score (nSPS) is 10.8. The van der Waals surface area contributed by atoms with Crippen molar-refractivity contribution in [3.63, 3.8) is 0 Å². The Kier molecular flexibility index (Phi) is 13.6. The van der Waals surface area contributed by atoms with Crippen LogP contribution in [0, 0.1) is 0 Å². The van der Waals surface area contributed by atoms with Gasteiger partial charge in [0.2, 0.25) is 0 Å². The second-order valence-corrected chi connectivity index (χ2v) is 2.97. The van der Waals surface area contributed by atoms with Gasteiger partial charge in [-0.25, -0.2) is 0 Å². The summed E-state index contributed by atoms with van der Waals surface area (Å²) in [7, 11) is 1.68. The second kappa shape index (κ2) is 13.8. The van der Waals surface area contributed by atoms with Crippen molar-refractivity contribution in [2.45, 2.75) is 6.42 Å². The Morgan fingerprint density at radius 1 is 0.733 bits per heavy atom. The van der Waals surface area contributed by atoms with Gasteiger partial charge in [-0.3, -0.25) is 0 Å². The van der Waals surface area contributed by atoms with Crippen LogP contribution < -0.4 is 5.73 Å². The molecule has 0 heterocycles. The fourth-order valence-corrected chi connectivity index (χ4v) is 0.931. The first-order chi connectivity index (χ1) is 7.41. The predicted octanol–water partition coefficient (Wildman–Crippen LogP) is 0.0314. The fraction of sp³-hybridized carbons (Fsp3) is 1.00. The van der Waals surface area contributed by atoms with Gasteiger partial charge in [-0.05, 0) is 6.42 Å². The van der Waals surface area contributed by atoms with Gasteiger partial charge in [0.05, 0.1) is 33.0 Å². The van der Waals surface area contributed by atoms with Crippen LogP contribution in [0.15, 0.2) is 0 Å². The molecule has 0 saturated heterocycles. The van der Waals surface area contributed by atoms with E-state index >= 15 is 0 Å². The molecule has 0 radical (unpaired) electrons. The smallest absolute Gasteiger partial charge is 0.0701 e. The molecule has 0 fully saturated rings. The molecule has 0 saturated carbocycles. The van der Waals surface area contributed by atoms with Gasteiger partial charge in [0.15, 0.2) is 0 Å². The molecule has 15 heavy (non-hydrogen) atoms. The minimum atomic E-state index is 0.558. The summed E-state index contributed by atoms with van der Waals surface area (Å²) in [4.78, 5) is 0. The fourth-order valence-electron chi connectivity index (χ4n) is 0.931. The molecule has 0 atom stereocenters. The molecule has 5 heteroatoms. The maximum atomic E-state index is 5.30. The first-order valence-corrected chi connectivity index (χ1v) is 5.34. The molecule has 0 aromatic rings. The third-order valence-electron chi connectivity index (χ3n) is 1.64. The largest absolute Gasteiger partial charge is 0.385 e. The molecule has 0 aliphatic rings. The Balaban J connectivity index is 2.81. The molecule has 0 unspecified atom stereocenters. The lowest BCUT2D eigenvalue weighted by atomic mass is 10.5. The maximum absolute atomic E-state index is 5.30. The van der Waals surface area contributed by atoms with E-state index in [2.05, 4.69) is 0 Å². The molecular weight excluding hydrogens is 198 g/mol. The van der Waals surface area contributed by atoms with Crippen molar-refractivity contribution < 1.29 is 18.9 Å². The van der Waals surface area contributed by atoms with E-state index in [1.807, 2.05) is 0 Å². The maximum Gasteiger partial charge on any atom is 0.0701 e. The summed E-state index contributed by atoms with van der Waals surface area (Å²) in [5, 5.41) is 0. The Labute approximate surface area is 91.8 Å². The molecule has 0 amide bonds. The van der Waals surface area contributed by atoms with Gasteiger partial charge in [-0.2, -0.15) is 0 Å². The number of ether oxygens (including phenoxy) is 4. The highest BCUT2D eigenvalue weighted by Crippen LogP contribution is 1.84. The molecule has 92 valence electrons. The third-order valence-corrected chi connectivity index (χ3v) is 1.64. The van der Waals surface area contributed by atoms with E-state index in [9.17, 15) is 0 Å². The zero-order chi connectivity index (χ0) is 11.2. The summed E-state index contributed by atoms with van der Waals surface area (Å²) in [6.45, 7) is 5.05. The minimum Gasteiger partial charge on any atom is -0.385 e. The summed E-state index contributed by atoms with van der Waals surface area (Å²) >= 11 is 0. The zero-order valence-electron chi connectivity index (χ0n) is 9.57. The first kappa shape index (κ1) is 14.8. The van der Waals surface area contributed by atoms with Crippen LogP contribution in [0.25, 0.3) is 0 Å². The van der Waals surface area contributed by atoms with Gasteiger partial charge in [-0.15, -0.1) is 0 Å². The van der Waals surface area contributed by atoms with E-state index in [-0.39, 0.29) is 0 Å². The van der Waals surface area contributed by atoms with Crippen molar-refractivity contribution in [1.29, 1.82) is 0 Å². The van der Waals surface area contributed by atoms with E-state index in [1.165, 1.54) is 0 Å². The van der Waals surface area contributed by atoms with Crippen LogP contribution in [0.5, 0.6) is 0 Å². The highest BCUT2D eigenvalue weighted by molar-refractivity contribution is 4.36. The standard InChI is InChI=1S/C10H23NO4/c1-12-4-2-5-13-7-9-15-10-8-14-6-3-11/h2-11H2,1H3. The number of hydrogen-bond acceptors (Lipinski definition) is 5. The lowest BCUT2D eigenvalue weighted by Crippen LogP contribution is -2.13. The van der Waals surface area contributed by atoms with Gasteiger partial charge >= 0.3 is 0 Å². The number of nitrogens with two attached hydrogens (primary N) is 1. The SMILES string of the molecule is COCCCOCCOCCOCCN. The number of methoxy groups -OCH3 is 1. The predicted molar refractivity (Wildman–Crippen MR) is 58.0 cm³/mol. The van der Waals surface area contributed by atoms with Crippen LogP contribution in [-0.2, 0) is 18.9 Å². The number of rotatable bonds is 12. The molecule has 0 aromatic heterocycles. The van der Waals surface area contributed by atoms with Crippen LogP contribution in [0.1, 0.15) is 6.42 Å². The van der Waals surface area contributed by atoms with Gasteiger partial charge in [0.1, 0.15) is 0 Å². The van der Waals surface area contributed by atoms with Crippen molar-refractivity contribution in [3.05, 3.63) is 0 Å². The molecule has 0 aliphatic heterocycles. The van der Waals surface area contributed by atoms with E-state index in [4.69, 9.17) is 24.7 Å². The quantitative estimate of drug-likeness (QED) is 0.471. The summed E-state index contributed by atoms with van der Waals surface area (Å²) in [6, 6.07) is 0. The molecule has 5 nitrogen and oxygen atoms in total. The van der Waals surface area contributed by atoms with Crippen molar-refractivity contribution in [2.75, 3.05) is 59.9 Å². The highest BCUT2D eigenvalue weighted by atomic mass is 16.5. The van der Waals surface area contributed by atoms with Crippen LogP contribution in [-0.4, -0.2) is 59.9 Å². The summed E-state index contributed by atoms with van der Waals surface area (Å²) in [6.07, 6.45) is 0.927. The van der Waals surface area contributed by atoms with E-state index in [1.54, 1.807) is 7.11 Å². The molecule has 0 aromatic carbocycles. The molecule has 0 spiro atoms. The van der Waals surface area contributed by atoms with E-state index in [0.29, 0.717) is 39.6 Å². The van der Waals surface area contributed by atoms with Crippen LogP contribution in [0.3, 0.4) is 0 Å². The lowest BCUT2D eigenvalue weighted by molar-refractivity contribution is 0.0126. The Bertz CT molecular complexity index is 102. The number of hydrogen-bond donors (Lipinski definition) is 1. The lowest BCUT2D eigenvalue weighted by Gasteiger charge is -2.05. The monoisotopic (exact) mass is 221 g/mol. The van der Waals surface area contributed by atoms with Crippen molar-refractivity contribution >= 4 is 0 Å². The van der Waals surface area contributed by atoms with Gasteiger partial charge in [0.25, 0.3) is 0 Å². The highest BCUT2D eigenvalue weighted by Gasteiger charge is 1.91. The molecule has 0 aliphatic carbocycles. The van der Waals surface area contributed by atoms with Gasteiger partial charge in [-0.1, -0.05) is 0 Å². The minimum absolute atomic E-state index is 0.558. The summed E-state index contributed by atoms with van der Waals surface area (Å²) < 4.78 is 20.6. The summed E-state index contributed by atoms with van der Waals surface area (Å²) in [5.41, 5.74) is 5.25. The van der Waals surface area contributed by atoms with Crippen molar-refractivity contribution in [3.8, 4) is 0 Å².